The molecular formula is C25H33N5O5. The molecule has 3 rings (SSSR count). The molecule has 1 aromatic carbocycles. The van der Waals surface area contributed by atoms with Crippen LogP contribution in [0.1, 0.15) is 70.7 Å². The van der Waals surface area contributed by atoms with Gasteiger partial charge in [0.15, 0.2) is 0 Å². The molecule has 0 fully saturated rings. The topological polar surface area (TPSA) is 128 Å². The lowest BCUT2D eigenvalue weighted by molar-refractivity contribution is -0.384. The standard InChI is InChI=1S/C25H33N5O5/c1-5-8-10-17(6-2)23(31)26-14-20-15-27-25-28-16(4)21(24(32)35-7-3)22(29(20)25)18-11-9-12-19(13-18)30(33)34/h9,11-13,15,17,22H,5-8,10,14H2,1-4H3,(H,26,31)(H,27,28). The molecule has 2 unspecified atom stereocenters. The fraction of sp³-hybridized carbons (Fsp3) is 0.480. The summed E-state index contributed by atoms with van der Waals surface area (Å²) >= 11 is 0. The Labute approximate surface area is 204 Å². The van der Waals surface area contributed by atoms with Gasteiger partial charge in [0.1, 0.15) is 0 Å². The van der Waals surface area contributed by atoms with E-state index in [4.69, 9.17) is 4.74 Å². The van der Waals surface area contributed by atoms with Crippen molar-refractivity contribution in [1.82, 2.24) is 14.9 Å². The van der Waals surface area contributed by atoms with E-state index in [1.165, 1.54) is 12.1 Å². The van der Waals surface area contributed by atoms with Gasteiger partial charge in [-0.3, -0.25) is 14.9 Å². The zero-order valence-electron chi connectivity index (χ0n) is 20.7. The molecule has 2 atom stereocenters. The van der Waals surface area contributed by atoms with E-state index in [0.717, 1.165) is 25.7 Å². The van der Waals surface area contributed by atoms with Crippen LogP contribution >= 0.6 is 0 Å². The molecule has 2 N–H and O–H groups in total. The van der Waals surface area contributed by atoms with Crippen molar-refractivity contribution in [3.63, 3.8) is 0 Å². The van der Waals surface area contributed by atoms with E-state index in [9.17, 15) is 19.7 Å². The summed E-state index contributed by atoms with van der Waals surface area (Å²) in [5, 5.41) is 17.6. The summed E-state index contributed by atoms with van der Waals surface area (Å²) in [6.07, 6.45) is 5.24. The quantitative estimate of drug-likeness (QED) is 0.274. The summed E-state index contributed by atoms with van der Waals surface area (Å²) in [5.74, 6) is -0.130. The van der Waals surface area contributed by atoms with Crippen LogP contribution in [0.15, 0.2) is 41.7 Å². The number of ether oxygens (including phenoxy) is 1. The molecule has 1 amide bonds. The van der Waals surface area contributed by atoms with Crippen LogP contribution in [-0.2, 0) is 20.9 Å². The predicted octanol–water partition coefficient (Wildman–Crippen LogP) is 4.48. The number of allylic oxidation sites excluding steroid dienone is 1. The van der Waals surface area contributed by atoms with Crippen molar-refractivity contribution in [3.8, 4) is 0 Å². The highest BCUT2D eigenvalue weighted by Crippen LogP contribution is 2.38. The number of non-ortho nitro benzene ring substituents is 1. The number of imidazole rings is 1. The van der Waals surface area contributed by atoms with Gasteiger partial charge in [0, 0.05) is 23.7 Å². The van der Waals surface area contributed by atoms with Gasteiger partial charge in [0.25, 0.3) is 5.69 Å². The average Bonchev–Trinajstić information content (AvgIpc) is 3.24. The van der Waals surface area contributed by atoms with E-state index >= 15 is 0 Å². The summed E-state index contributed by atoms with van der Waals surface area (Å²) in [6.45, 7) is 7.96. The Balaban J connectivity index is 2.01. The van der Waals surface area contributed by atoms with Crippen molar-refractivity contribution in [2.75, 3.05) is 11.9 Å². The number of nitrogens with zero attached hydrogens (tertiary/aromatic N) is 3. The van der Waals surface area contributed by atoms with Gasteiger partial charge < -0.3 is 19.9 Å². The first-order chi connectivity index (χ1) is 16.8. The van der Waals surface area contributed by atoms with Gasteiger partial charge in [-0.05, 0) is 32.3 Å². The SMILES string of the molecule is CCCCC(CC)C(=O)NCc1cnc2n1C(c1cccc([N+](=O)[O-])c1)C(C(=O)OCC)=C(C)N2. The molecule has 2 heterocycles. The van der Waals surface area contributed by atoms with Crippen LogP contribution in [0.5, 0.6) is 0 Å². The Morgan fingerprint density at radius 3 is 2.74 bits per heavy atom. The van der Waals surface area contributed by atoms with Crippen molar-refractivity contribution in [2.24, 2.45) is 5.92 Å². The zero-order chi connectivity index (χ0) is 25.5. The molecule has 0 bridgehead atoms. The van der Waals surface area contributed by atoms with Crippen molar-refractivity contribution >= 4 is 23.5 Å². The lowest BCUT2D eigenvalue weighted by Crippen LogP contribution is -2.33. The van der Waals surface area contributed by atoms with E-state index in [0.29, 0.717) is 28.5 Å². The number of nitro benzene ring substituents is 1. The molecule has 0 spiro atoms. The third-order valence-corrected chi connectivity index (χ3v) is 6.21. The number of anilines is 1. The monoisotopic (exact) mass is 483 g/mol. The lowest BCUT2D eigenvalue weighted by Gasteiger charge is -2.31. The molecular weight excluding hydrogens is 450 g/mol. The minimum Gasteiger partial charge on any atom is -0.463 e. The minimum atomic E-state index is -0.707. The molecule has 1 aliphatic rings. The molecule has 1 aliphatic heterocycles. The van der Waals surface area contributed by atoms with Crippen LogP contribution in [0.25, 0.3) is 0 Å². The first-order valence-corrected chi connectivity index (χ1v) is 12.0. The fourth-order valence-corrected chi connectivity index (χ4v) is 4.37. The smallest absolute Gasteiger partial charge is 0.338 e. The van der Waals surface area contributed by atoms with E-state index in [-0.39, 0.29) is 30.7 Å². The van der Waals surface area contributed by atoms with Crippen LogP contribution in [-0.4, -0.2) is 33.0 Å². The van der Waals surface area contributed by atoms with Crippen molar-refractivity contribution in [2.45, 2.75) is 66.0 Å². The highest BCUT2D eigenvalue weighted by molar-refractivity contribution is 5.92. The number of amides is 1. The highest BCUT2D eigenvalue weighted by Gasteiger charge is 2.35. The second-order valence-corrected chi connectivity index (χ2v) is 8.55. The van der Waals surface area contributed by atoms with Gasteiger partial charge in [-0.2, -0.15) is 0 Å². The van der Waals surface area contributed by atoms with Gasteiger partial charge in [-0.1, -0.05) is 38.8 Å². The second-order valence-electron chi connectivity index (χ2n) is 8.55. The van der Waals surface area contributed by atoms with Gasteiger partial charge in [-0.15, -0.1) is 0 Å². The molecule has 10 nitrogen and oxygen atoms in total. The highest BCUT2D eigenvalue weighted by atomic mass is 16.6. The first kappa shape index (κ1) is 25.9. The summed E-state index contributed by atoms with van der Waals surface area (Å²) in [7, 11) is 0. The normalized spacial score (nSPS) is 15.7. The van der Waals surface area contributed by atoms with E-state index < -0.39 is 16.9 Å². The van der Waals surface area contributed by atoms with Gasteiger partial charge >= 0.3 is 5.97 Å². The lowest BCUT2D eigenvalue weighted by atomic mass is 9.94. The number of esters is 1. The molecule has 0 saturated carbocycles. The second kappa shape index (κ2) is 11.6. The number of hydrogen-bond donors (Lipinski definition) is 2. The molecule has 1 aromatic heterocycles. The molecule has 0 aliphatic carbocycles. The fourth-order valence-electron chi connectivity index (χ4n) is 4.37. The number of carbonyl (C=O) groups is 2. The molecule has 0 saturated heterocycles. The zero-order valence-corrected chi connectivity index (χ0v) is 20.7. The largest absolute Gasteiger partial charge is 0.463 e. The molecule has 0 radical (unpaired) electrons. The Hall–Kier alpha value is -3.69. The Morgan fingerprint density at radius 1 is 1.31 bits per heavy atom. The number of aromatic nitrogens is 2. The van der Waals surface area contributed by atoms with Crippen molar-refractivity contribution < 1.29 is 19.2 Å². The number of nitro groups is 1. The Bertz CT molecular complexity index is 1120. The number of hydrogen-bond acceptors (Lipinski definition) is 7. The van der Waals surface area contributed by atoms with Crippen LogP contribution < -0.4 is 10.6 Å². The maximum Gasteiger partial charge on any atom is 0.338 e. The summed E-state index contributed by atoms with van der Waals surface area (Å²) < 4.78 is 7.12. The van der Waals surface area contributed by atoms with Crippen LogP contribution in [0.4, 0.5) is 11.6 Å². The van der Waals surface area contributed by atoms with Gasteiger partial charge in [0.05, 0.1) is 41.6 Å². The Kier molecular flexibility index (Phi) is 8.62. The summed E-state index contributed by atoms with van der Waals surface area (Å²) in [4.78, 5) is 41.2. The maximum absolute atomic E-state index is 13.0. The van der Waals surface area contributed by atoms with E-state index in [1.807, 2.05) is 6.92 Å². The summed E-state index contributed by atoms with van der Waals surface area (Å²) in [5.41, 5.74) is 2.01. The van der Waals surface area contributed by atoms with E-state index in [2.05, 4.69) is 22.5 Å². The van der Waals surface area contributed by atoms with Crippen LogP contribution in [0.3, 0.4) is 0 Å². The number of nitrogens with one attached hydrogen (secondary N) is 2. The van der Waals surface area contributed by atoms with Crippen molar-refractivity contribution in [1.29, 1.82) is 0 Å². The molecule has 35 heavy (non-hydrogen) atoms. The van der Waals surface area contributed by atoms with Crippen molar-refractivity contribution in [3.05, 3.63) is 63.1 Å². The predicted molar refractivity (Wildman–Crippen MR) is 132 cm³/mol. The molecule has 2 aromatic rings. The van der Waals surface area contributed by atoms with Crippen LogP contribution in [0, 0.1) is 16.0 Å². The number of carbonyl (C=O) groups excluding carboxylic acids is 2. The molecule has 10 heteroatoms. The van der Waals surface area contributed by atoms with Crippen LogP contribution in [0.2, 0.25) is 0 Å². The number of unbranched alkanes of at least 4 members (excludes halogenated alkanes) is 1. The number of rotatable bonds is 11. The van der Waals surface area contributed by atoms with Gasteiger partial charge in [-0.25, -0.2) is 9.78 Å². The average molecular weight is 484 g/mol. The maximum atomic E-state index is 13.0. The third kappa shape index (κ3) is 5.70. The van der Waals surface area contributed by atoms with E-state index in [1.54, 1.807) is 36.7 Å². The number of fused-ring (bicyclic) bond motifs is 1. The Morgan fingerprint density at radius 2 is 2.09 bits per heavy atom. The number of benzene rings is 1. The molecule has 188 valence electrons. The first-order valence-electron chi connectivity index (χ1n) is 12.0. The summed E-state index contributed by atoms with van der Waals surface area (Å²) in [6, 6.07) is 5.47. The van der Waals surface area contributed by atoms with Gasteiger partial charge in [0.2, 0.25) is 11.9 Å². The minimum absolute atomic E-state index is 0.0236. The third-order valence-electron chi connectivity index (χ3n) is 6.21.